The summed E-state index contributed by atoms with van der Waals surface area (Å²) in [5.41, 5.74) is 2.69. The number of hydrogen-bond acceptors (Lipinski definition) is 1. The summed E-state index contributed by atoms with van der Waals surface area (Å²) in [6, 6.07) is 7.66. The van der Waals surface area contributed by atoms with Crippen LogP contribution in [0.2, 0.25) is 0 Å². The van der Waals surface area contributed by atoms with Crippen LogP contribution in [0.25, 0.3) is 5.69 Å². The van der Waals surface area contributed by atoms with Crippen molar-refractivity contribution >= 4 is 15.9 Å². The molecule has 2 aromatic rings. The van der Waals surface area contributed by atoms with Gasteiger partial charge in [0.05, 0.1) is 5.69 Å². The Morgan fingerprint density at radius 2 is 1.82 bits per heavy atom. The van der Waals surface area contributed by atoms with Crippen LogP contribution in [0.15, 0.2) is 33.5 Å². The molecule has 0 spiro atoms. The first-order valence-electron chi connectivity index (χ1n) is 5.58. The van der Waals surface area contributed by atoms with Crippen molar-refractivity contribution in [2.75, 3.05) is 0 Å². The molecular formula is C13H15BrN2O. The maximum Gasteiger partial charge on any atom is 0.274 e. The summed E-state index contributed by atoms with van der Waals surface area (Å²) in [5.74, 6) is 0.232. The van der Waals surface area contributed by atoms with Crippen LogP contribution in [0.4, 0.5) is 0 Å². The highest BCUT2D eigenvalue weighted by atomic mass is 79.9. The van der Waals surface area contributed by atoms with Gasteiger partial charge in [0.1, 0.15) is 0 Å². The summed E-state index contributed by atoms with van der Waals surface area (Å²) in [6.07, 6.45) is 0. The molecule has 0 saturated heterocycles. The Morgan fingerprint density at radius 3 is 2.29 bits per heavy atom. The predicted molar refractivity (Wildman–Crippen MR) is 72.9 cm³/mol. The minimum absolute atomic E-state index is 0.0415. The third-order valence-corrected chi connectivity index (χ3v) is 3.31. The fourth-order valence-electron chi connectivity index (χ4n) is 2.01. The van der Waals surface area contributed by atoms with E-state index in [9.17, 15) is 4.79 Å². The molecule has 0 saturated carbocycles. The SMILES string of the molecule is Cc1[nH]n(-c2ccc(Br)cc2)c(=O)c1C(C)C. The molecule has 17 heavy (non-hydrogen) atoms. The van der Waals surface area contributed by atoms with Gasteiger partial charge >= 0.3 is 0 Å². The predicted octanol–water partition coefficient (Wildman–Crippen LogP) is 3.36. The number of hydrogen-bond donors (Lipinski definition) is 1. The van der Waals surface area contributed by atoms with Gasteiger partial charge in [-0.05, 0) is 37.1 Å². The molecule has 2 rings (SSSR count). The first-order valence-corrected chi connectivity index (χ1v) is 6.37. The summed E-state index contributed by atoms with van der Waals surface area (Å²) in [5, 5.41) is 3.12. The van der Waals surface area contributed by atoms with Crippen LogP contribution in [0, 0.1) is 6.92 Å². The summed E-state index contributed by atoms with van der Waals surface area (Å²) in [6.45, 7) is 6.00. The number of nitrogens with one attached hydrogen (secondary N) is 1. The van der Waals surface area contributed by atoms with Gasteiger partial charge in [-0.15, -0.1) is 0 Å². The molecule has 1 aromatic heterocycles. The molecule has 3 nitrogen and oxygen atoms in total. The summed E-state index contributed by atoms with van der Waals surface area (Å²) >= 11 is 3.38. The van der Waals surface area contributed by atoms with Gasteiger partial charge in [0, 0.05) is 15.7 Å². The molecule has 4 heteroatoms. The highest BCUT2D eigenvalue weighted by Crippen LogP contribution is 2.16. The highest BCUT2D eigenvalue weighted by Gasteiger charge is 2.14. The molecule has 0 aliphatic rings. The standard InChI is InChI=1S/C13H15BrN2O/c1-8(2)12-9(3)15-16(13(12)17)11-6-4-10(14)5-7-11/h4-8,15H,1-3H3. The van der Waals surface area contributed by atoms with Crippen LogP contribution in [0.5, 0.6) is 0 Å². The van der Waals surface area contributed by atoms with E-state index in [1.807, 2.05) is 45.0 Å². The zero-order valence-electron chi connectivity index (χ0n) is 10.1. The Morgan fingerprint density at radius 1 is 1.24 bits per heavy atom. The van der Waals surface area contributed by atoms with Crippen LogP contribution >= 0.6 is 15.9 Å². The van der Waals surface area contributed by atoms with Crippen LogP contribution in [0.3, 0.4) is 0 Å². The Kier molecular flexibility index (Phi) is 3.24. The van der Waals surface area contributed by atoms with Crippen molar-refractivity contribution < 1.29 is 0 Å². The third kappa shape index (κ3) is 2.22. The lowest BCUT2D eigenvalue weighted by Crippen LogP contribution is -2.17. The van der Waals surface area contributed by atoms with Crippen LogP contribution in [-0.2, 0) is 0 Å². The van der Waals surface area contributed by atoms with Gasteiger partial charge in [0.15, 0.2) is 0 Å². The average molecular weight is 295 g/mol. The number of benzene rings is 1. The first kappa shape index (κ1) is 12.2. The number of halogens is 1. The molecule has 1 N–H and O–H groups in total. The summed E-state index contributed by atoms with van der Waals surface area (Å²) in [4.78, 5) is 12.2. The fourth-order valence-corrected chi connectivity index (χ4v) is 2.28. The van der Waals surface area contributed by atoms with E-state index < -0.39 is 0 Å². The first-order chi connectivity index (χ1) is 8.00. The van der Waals surface area contributed by atoms with E-state index in [2.05, 4.69) is 21.0 Å². The van der Waals surface area contributed by atoms with Crippen molar-refractivity contribution in [2.24, 2.45) is 0 Å². The van der Waals surface area contributed by atoms with Crippen molar-refractivity contribution in [2.45, 2.75) is 26.7 Å². The number of nitrogens with zero attached hydrogens (tertiary/aromatic N) is 1. The van der Waals surface area contributed by atoms with Crippen molar-refractivity contribution in [3.8, 4) is 5.69 Å². The maximum absolute atomic E-state index is 12.2. The number of rotatable bonds is 2. The van der Waals surface area contributed by atoms with Gasteiger partial charge in [0.2, 0.25) is 0 Å². The molecule has 90 valence electrons. The van der Waals surface area contributed by atoms with Gasteiger partial charge < -0.3 is 0 Å². The zero-order valence-corrected chi connectivity index (χ0v) is 11.7. The Balaban J connectivity index is 2.58. The second-order valence-corrected chi connectivity index (χ2v) is 5.34. The smallest absolute Gasteiger partial charge is 0.274 e. The van der Waals surface area contributed by atoms with E-state index in [1.54, 1.807) is 4.68 Å². The van der Waals surface area contributed by atoms with Gasteiger partial charge in [-0.2, -0.15) is 0 Å². The van der Waals surface area contributed by atoms with E-state index in [0.717, 1.165) is 21.4 Å². The highest BCUT2D eigenvalue weighted by molar-refractivity contribution is 9.10. The van der Waals surface area contributed by atoms with Crippen LogP contribution in [0.1, 0.15) is 31.0 Å². The number of aryl methyl sites for hydroxylation is 1. The summed E-state index contributed by atoms with van der Waals surface area (Å²) < 4.78 is 2.60. The zero-order chi connectivity index (χ0) is 12.6. The Labute approximate surface area is 109 Å². The molecule has 1 aromatic carbocycles. The van der Waals surface area contributed by atoms with Crippen molar-refractivity contribution in [1.82, 2.24) is 9.78 Å². The number of H-pyrrole nitrogens is 1. The molecule has 0 unspecified atom stereocenters. The number of aromatic amines is 1. The van der Waals surface area contributed by atoms with Gasteiger partial charge in [-0.3, -0.25) is 9.89 Å². The Bertz CT molecular complexity index is 578. The maximum atomic E-state index is 12.2. The molecule has 0 fully saturated rings. The minimum atomic E-state index is 0.0415. The fraction of sp³-hybridized carbons (Fsp3) is 0.308. The molecule has 0 bridgehead atoms. The minimum Gasteiger partial charge on any atom is -0.295 e. The van der Waals surface area contributed by atoms with Crippen molar-refractivity contribution in [1.29, 1.82) is 0 Å². The third-order valence-electron chi connectivity index (χ3n) is 2.78. The molecule has 0 aliphatic heterocycles. The molecule has 0 radical (unpaired) electrons. The van der Waals surface area contributed by atoms with Crippen molar-refractivity contribution in [3.63, 3.8) is 0 Å². The molecular weight excluding hydrogens is 280 g/mol. The molecule has 0 amide bonds. The van der Waals surface area contributed by atoms with E-state index in [-0.39, 0.29) is 11.5 Å². The van der Waals surface area contributed by atoms with Gasteiger partial charge in [0.25, 0.3) is 5.56 Å². The Hall–Kier alpha value is -1.29. The van der Waals surface area contributed by atoms with E-state index in [1.165, 1.54) is 0 Å². The monoisotopic (exact) mass is 294 g/mol. The van der Waals surface area contributed by atoms with Gasteiger partial charge in [-0.25, -0.2) is 4.68 Å². The number of aromatic nitrogens is 2. The lowest BCUT2D eigenvalue weighted by atomic mass is 10.1. The average Bonchev–Trinajstić information content (AvgIpc) is 2.55. The molecule has 0 aliphatic carbocycles. The van der Waals surface area contributed by atoms with Crippen LogP contribution < -0.4 is 5.56 Å². The normalized spacial score (nSPS) is 11.1. The van der Waals surface area contributed by atoms with E-state index in [0.29, 0.717) is 0 Å². The lowest BCUT2D eigenvalue weighted by Gasteiger charge is -2.01. The quantitative estimate of drug-likeness (QED) is 0.906. The van der Waals surface area contributed by atoms with E-state index in [4.69, 9.17) is 0 Å². The second-order valence-electron chi connectivity index (χ2n) is 4.42. The topological polar surface area (TPSA) is 37.8 Å². The lowest BCUT2D eigenvalue weighted by molar-refractivity contribution is 0.824. The largest absolute Gasteiger partial charge is 0.295 e. The van der Waals surface area contributed by atoms with Crippen molar-refractivity contribution in [3.05, 3.63) is 50.3 Å². The van der Waals surface area contributed by atoms with E-state index >= 15 is 0 Å². The molecule has 1 heterocycles. The second kappa shape index (κ2) is 4.53. The summed E-state index contributed by atoms with van der Waals surface area (Å²) in [7, 11) is 0. The van der Waals surface area contributed by atoms with Crippen LogP contribution in [-0.4, -0.2) is 9.78 Å². The van der Waals surface area contributed by atoms with Gasteiger partial charge in [-0.1, -0.05) is 29.8 Å². The molecule has 0 atom stereocenters.